The van der Waals surface area contributed by atoms with Gasteiger partial charge in [0.2, 0.25) is 0 Å². The maximum Gasteiger partial charge on any atom is 0.293 e. The Morgan fingerprint density at radius 1 is 1.03 bits per heavy atom. The highest BCUT2D eigenvalue weighted by Gasteiger charge is 2.35. The number of benzene rings is 3. The summed E-state index contributed by atoms with van der Waals surface area (Å²) in [7, 11) is 1.48. The summed E-state index contributed by atoms with van der Waals surface area (Å²) in [6, 6.07) is 19.5. The molecule has 0 aliphatic carbocycles. The molecular weight excluding hydrogens is 500 g/mol. The van der Waals surface area contributed by atoms with E-state index in [1.807, 2.05) is 31.2 Å². The maximum absolute atomic E-state index is 12.8. The van der Waals surface area contributed by atoms with E-state index in [9.17, 15) is 14.4 Å². The molecule has 184 valence electrons. The topological polar surface area (TPSA) is 84.9 Å². The minimum atomic E-state index is -0.368. The molecule has 3 amide bonds. The van der Waals surface area contributed by atoms with Crippen molar-refractivity contribution in [3.63, 3.8) is 0 Å². The number of nitrogens with zero attached hydrogens (tertiary/aromatic N) is 1. The van der Waals surface area contributed by atoms with Gasteiger partial charge in [-0.2, -0.15) is 0 Å². The molecule has 9 heteroatoms. The number of amides is 3. The molecule has 1 saturated heterocycles. The van der Waals surface area contributed by atoms with Gasteiger partial charge in [-0.3, -0.25) is 19.3 Å². The van der Waals surface area contributed by atoms with Crippen LogP contribution in [0.4, 0.5) is 10.5 Å². The lowest BCUT2D eigenvalue weighted by molar-refractivity contribution is -0.123. The monoisotopic (exact) mass is 522 g/mol. The lowest BCUT2D eigenvalue weighted by Gasteiger charge is -2.12. The summed E-state index contributed by atoms with van der Waals surface area (Å²) in [5, 5.41) is 3.02. The first-order valence-corrected chi connectivity index (χ1v) is 12.2. The van der Waals surface area contributed by atoms with Crippen LogP contribution in [0, 0.1) is 6.92 Å². The molecule has 1 N–H and O–H groups in total. The molecule has 0 spiro atoms. The number of ether oxygens (including phenoxy) is 2. The van der Waals surface area contributed by atoms with Gasteiger partial charge < -0.3 is 14.8 Å². The number of imide groups is 1. The van der Waals surface area contributed by atoms with Crippen molar-refractivity contribution in [3.05, 3.63) is 93.3 Å². The van der Waals surface area contributed by atoms with Gasteiger partial charge in [0.1, 0.15) is 0 Å². The Kier molecular flexibility index (Phi) is 7.97. The molecule has 0 aromatic heterocycles. The van der Waals surface area contributed by atoms with Crippen molar-refractivity contribution >= 4 is 52.2 Å². The molecule has 1 fully saturated rings. The molecule has 0 bridgehead atoms. The highest BCUT2D eigenvalue weighted by molar-refractivity contribution is 8.18. The summed E-state index contributed by atoms with van der Waals surface area (Å²) in [6.07, 6.45) is 1.63. The van der Waals surface area contributed by atoms with Crippen molar-refractivity contribution in [2.24, 2.45) is 0 Å². The number of methoxy groups -OCH3 is 1. The van der Waals surface area contributed by atoms with E-state index in [-0.39, 0.29) is 30.2 Å². The minimum absolute atomic E-state index is 0.167. The fraction of sp³-hybridized carbons (Fsp3) is 0.148. The molecule has 4 rings (SSSR count). The zero-order valence-electron chi connectivity index (χ0n) is 19.6. The van der Waals surface area contributed by atoms with E-state index in [2.05, 4.69) is 5.32 Å². The summed E-state index contributed by atoms with van der Waals surface area (Å²) < 4.78 is 11.0. The van der Waals surface area contributed by atoms with Crippen molar-refractivity contribution in [3.8, 4) is 11.5 Å². The number of carbonyl (C=O) groups excluding carboxylic acids is 3. The van der Waals surface area contributed by atoms with Crippen molar-refractivity contribution in [2.75, 3.05) is 19.0 Å². The largest absolute Gasteiger partial charge is 0.493 e. The average molecular weight is 523 g/mol. The molecule has 3 aromatic carbocycles. The van der Waals surface area contributed by atoms with Gasteiger partial charge in [0.25, 0.3) is 17.1 Å². The summed E-state index contributed by atoms with van der Waals surface area (Å²) in [6.45, 7) is 1.93. The zero-order valence-corrected chi connectivity index (χ0v) is 21.2. The zero-order chi connectivity index (χ0) is 25.7. The summed E-state index contributed by atoms with van der Waals surface area (Å²) in [5.74, 6) is 0.100. The molecule has 7 nitrogen and oxygen atoms in total. The number of rotatable bonds is 8. The quantitative estimate of drug-likeness (QED) is 0.370. The second kappa shape index (κ2) is 11.3. The summed E-state index contributed by atoms with van der Waals surface area (Å²) in [4.78, 5) is 39.0. The number of hydrogen-bond donors (Lipinski definition) is 1. The van der Waals surface area contributed by atoms with E-state index in [0.717, 1.165) is 22.9 Å². The molecule has 1 heterocycles. The molecule has 1 aliphatic heterocycles. The van der Waals surface area contributed by atoms with Crippen molar-refractivity contribution in [2.45, 2.75) is 13.5 Å². The van der Waals surface area contributed by atoms with Gasteiger partial charge in [0.05, 0.1) is 18.6 Å². The molecule has 3 aromatic rings. The highest BCUT2D eigenvalue weighted by atomic mass is 35.5. The Hall–Kier alpha value is -3.75. The first-order chi connectivity index (χ1) is 17.3. The van der Waals surface area contributed by atoms with Gasteiger partial charge >= 0.3 is 0 Å². The van der Waals surface area contributed by atoms with E-state index in [4.69, 9.17) is 21.1 Å². The number of hydrogen-bond acceptors (Lipinski definition) is 6. The fourth-order valence-corrected chi connectivity index (χ4v) is 4.39. The second-order valence-electron chi connectivity index (χ2n) is 8.01. The predicted octanol–water partition coefficient (Wildman–Crippen LogP) is 5.91. The Bertz CT molecular complexity index is 1320. The van der Waals surface area contributed by atoms with Crippen LogP contribution < -0.4 is 14.8 Å². The van der Waals surface area contributed by atoms with Crippen LogP contribution in [0.1, 0.15) is 16.7 Å². The Morgan fingerprint density at radius 2 is 1.75 bits per heavy atom. The van der Waals surface area contributed by atoms with Crippen LogP contribution in [0.15, 0.2) is 71.6 Å². The standard InChI is InChI=1S/C27H23ClN2O5S/c1-17-3-10-21(11-4-17)29-25(31)16-35-22-12-7-19(13-23(22)34-2)14-24-26(32)30(27(33)36-24)15-18-5-8-20(28)9-6-18/h3-14H,15-16H2,1-2H3,(H,29,31)/b24-14+. The molecule has 0 radical (unpaired) electrons. The van der Waals surface area contributed by atoms with E-state index >= 15 is 0 Å². The normalized spacial score (nSPS) is 14.3. The van der Waals surface area contributed by atoms with Crippen LogP contribution in [-0.2, 0) is 16.1 Å². The van der Waals surface area contributed by atoms with Crippen LogP contribution in [-0.4, -0.2) is 35.7 Å². The third-order valence-electron chi connectivity index (χ3n) is 5.31. The van der Waals surface area contributed by atoms with E-state index < -0.39 is 0 Å². The summed E-state index contributed by atoms with van der Waals surface area (Å²) >= 11 is 6.79. The molecule has 0 saturated carbocycles. The number of carbonyl (C=O) groups is 3. The van der Waals surface area contributed by atoms with Crippen molar-refractivity contribution < 1.29 is 23.9 Å². The first kappa shape index (κ1) is 25.3. The highest BCUT2D eigenvalue weighted by Crippen LogP contribution is 2.35. The average Bonchev–Trinajstić information content (AvgIpc) is 3.13. The Labute approximate surface area is 218 Å². The third kappa shape index (κ3) is 6.27. The van der Waals surface area contributed by atoms with Crippen LogP contribution in [0.2, 0.25) is 5.02 Å². The maximum atomic E-state index is 12.8. The minimum Gasteiger partial charge on any atom is -0.493 e. The van der Waals surface area contributed by atoms with Crippen molar-refractivity contribution in [1.82, 2.24) is 4.90 Å². The SMILES string of the molecule is COc1cc(/C=C2/SC(=O)N(Cc3ccc(Cl)cc3)C2=O)ccc1OCC(=O)Nc1ccc(C)cc1. The first-order valence-electron chi connectivity index (χ1n) is 11.0. The molecule has 0 unspecified atom stereocenters. The van der Waals surface area contributed by atoms with E-state index in [1.165, 1.54) is 12.0 Å². The number of halogens is 1. The molecule has 36 heavy (non-hydrogen) atoms. The Morgan fingerprint density at radius 3 is 2.44 bits per heavy atom. The van der Waals surface area contributed by atoms with Crippen LogP contribution in [0.25, 0.3) is 6.08 Å². The molecule has 1 aliphatic rings. The van der Waals surface area contributed by atoms with Gasteiger partial charge in [0.15, 0.2) is 18.1 Å². The van der Waals surface area contributed by atoms with Crippen LogP contribution in [0.3, 0.4) is 0 Å². The lowest BCUT2D eigenvalue weighted by atomic mass is 10.1. The summed E-state index contributed by atoms with van der Waals surface area (Å²) in [5.41, 5.74) is 3.24. The van der Waals surface area contributed by atoms with Crippen molar-refractivity contribution in [1.29, 1.82) is 0 Å². The number of thioether (sulfide) groups is 1. The number of anilines is 1. The second-order valence-corrected chi connectivity index (χ2v) is 9.44. The van der Waals surface area contributed by atoms with Crippen LogP contribution >= 0.6 is 23.4 Å². The van der Waals surface area contributed by atoms with Crippen LogP contribution in [0.5, 0.6) is 11.5 Å². The third-order valence-corrected chi connectivity index (χ3v) is 6.47. The smallest absolute Gasteiger partial charge is 0.293 e. The van der Waals surface area contributed by atoms with Gasteiger partial charge in [-0.25, -0.2) is 0 Å². The van der Waals surface area contributed by atoms with E-state index in [0.29, 0.717) is 32.7 Å². The molecule has 0 atom stereocenters. The van der Waals surface area contributed by atoms with Gasteiger partial charge in [-0.15, -0.1) is 0 Å². The Balaban J connectivity index is 1.41. The molecular formula is C27H23ClN2O5S. The van der Waals surface area contributed by atoms with Gasteiger partial charge in [-0.1, -0.05) is 47.5 Å². The predicted molar refractivity (Wildman–Crippen MR) is 141 cm³/mol. The van der Waals surface area contributed by atoms with E-state index in [1.54, 1.807) is 48.5 Å². The van der Waals surface area contributed by atoms with Gasteiger partial charge in [-0.05, 0) is 72.3 Å². The number of aryl methyl sites for hydroxylation is 1. The fourth-order valence-electron chi connectivity index (χ4n) is 3.43. The number of nitrogens with one attached hydrogen (secondary N) is 1. The van der Waals surface area contributed by atoms with Gasteiger partial charge in [0, 0.05) is 10.7 Å². The lowest BCUT2D eigenvalue weighted by Crippen LogP contribution is -2.27.